The van der Waals surface area contributed by atoms with Gasteiger partial charge in [-0.1, -0.05) is 23.7 Å². The van der Waals surface area contributed by atoms with Gasteiger partial charge < -0.3 is 9.47 Å². The zero-order valence-corrected chi connectivity index (χ0v) is 18.1. The normalized spacial score (nSPS) is 14.4. The second-order valence-corrected chi connectivity index (χ2v) is 7.73. The predicted octanol–water partition coefficient (Wildman–Crippen LogP) is 4.83. The molecular weight excluding hydrogens is 438 g/mol. The molecule has 0 saturated carbocycles. The molecule has 0 aliphatic carbocycles. The van der Waals surface area contributed by atoms with Crippen LogP contribution in [0.4, 0.5) is 10.8 Å². The van der Waals surface area contributed by atoms with Crippen molar-refractivity contribution >= 4 is 57.6 Å². The van der Waals surface area contributed by atoms with Crippen LogP contribution in [-0.2, 0) is 14.3 Å². The standard InChI is InChI=1S/C22H16ClN3O4S/c1-13(27)26(17-7-4-8-18(11-17)29-2)22-24-16(12-31-22)10-19-21(28)30-20(25-19)14-5-3-6-15(23)9-14/h3-12H,1-2H3. The molecule has 0 unspecified atom stereocenters. The number of hydrogen-bond acceptors (Lipinski definition) is 7. The number of hydrogen-bond donors (Lipinski definition) is 0. The lowest BCUT2D eigenvalue weighted by molar-refractivity contribution is -0.130. The van der Waals surface area contributed by atoms with Gasteiger partial charge in [0.25, 0.3) is 0 Å². The minimum Gasteiger partial charge on any atom is -0.497 e. The van der Waals surface area contributed by atoms with Crippen molar-refractivity contribution in [2.45, 2.75) is 6.92 Å². The van der Waals surface area contributed by atoms with Gasteiger partial charge in [0.15, 0.2) is 10.8 Å². The van der Waals surface area contributed by atoms with Gasteiger partial charge in [0.05, 0.1) is 18.5 Å². The lowest BCUT2D eigenvalue weighted by Gasteiger charge is -2.18. The molecule has 4 rings (SSSR count). The molecule has 9 heteroatoms. The van der Waals surface area contributed by atoms with Gasteiger partial charge in [-0.2, -0.15) is 0 Å². The number of esters is 1. The van der Waals surface area contributed by atoms with E-state index in [1.165, 1.54) is 29.2 Å². The van der Waals surface area contributed by atoms with Crippen molar-refractivity contribution in [3.8, 4) is 5.75 Å². The van der Waals surface area contributed by atoms with Gasteiger partial charge in [-0.15, -0.1) is 11.3 Å². The number of thiazole rings is 1. The van der Waals surface area contributed by atoms with Gasteiger partial charge in [0.2, 0.25) is 11.8 Å². The van der Waals surface area contributed by atoms with Crippen LogP contribution in [0.15, 0.2) is 64.6 Å². The van der Waals surface area contributed by atoms with Crippen molar-refractivity contribution in [2.24, 2.45) is 4.99 Å². The highest BCUT2D eigenvalue weighted by molar-refractivity contribution is 7.14. The summed E-state index contributed by atoms with van der Waals surface area (Å²) >= 11 is 7.26. The molecule has 1 amide bonds. The van der Waals surface area contributed by atoms with E-state index in [-0.39, 0.29) is 17.5 Å². The largest absolute Gasteiger partial charge is 0.497 e. The first-order chi connectivity index (χ1) is 14.9. The number of amides is 1. The number of carbonyl (C=O) groups is 2. The molecule has 1 aliphatic rings. The van der Waals surface area contributed by atoms with E-state index in [1.807, 2.05) is 0 Å². The van der Waals surface area contributed by atoms with Crippen LogP contribution >= 0.6 is 22.9 Å². The highest BCUT2D eigenvalue weighted by atomic mass is 35.5. The van der Waals surface area contributed by atoms with E-state index < -0.39 is 5.97 Å². The lowest BCUT2D eigenvalue weighted by atomic mass is 10.2. The van der Waals surface area contributed by atoms with Crippen LogP contribution in [0.2, 0.25) is 5.02 Å². The summed E-state index contributed by atoms with van der Waals surface area (Å²) in [6.45, 7) is 1.45. The SMILES string of the molecule is COc1cccc(N(C(C)=O)c2nc(C=C3N=C(c4cccc(Cl)c4)OC3=O)cs2)c1. The molecule has 31 heavy (non-hydrogen) atoms. The Morgan fingerprint density at radius 3 is 2.77 bits per heavy atom. The quantitative estimate of drug-likeness (QED) is 0.408. The second kappa shape index (κ2) is 8.71. The van der Waals surface area contributed by atoms with Crippen molar-refractivity contribution in [3.05, 3.63) is 75.9 Å². The number of ether oxygens (including phenoxy) is 2. The molecule has 156 valence electrons. The lowest BCUT2D eigenvalue weighted by Crippen LogP contribution is -2.22. The van der Waals surface area contributed by atoms with Crippen LogP contribution < -0.4 is 9.64 Å². The number of aromatic nitrogens is 1. The third-order valence-corrected chi connectivity index (χ3v) is 5.38. The fraction of sp³-hybridized carbons (Fsp3) is 0.0909. The Hall–Kier alpha value is -3.49. The number of halogens is 1. The van der Waals surface area contributed by atoms with Crippen molar-refractivity contribution in [2.75, 3.05) is 12.0 Å². The Bertz CT molecular complexity index is 1230. The zero-order chi connectivity index (χ0) is 22.0. The summed E-state index contributed by atoms with van der Waals surface area (Å²) in [5.41, 5.74) is 1.82. The molecule has 0 bridgehead atoms. The number of aliphatic imine (C=N–C) groups is 1. The van der Waals surface area contributed by atoms with E-state index in [9.17, 15) is 9.59 Å². The van der Waals surface area contributed by atoms with Gasteiger partial charge in [-0.05, 0) is 36.4 Å². The van der Waals surface area contributed by atoms with Crippen molar-refractivity contribution in [1.82, 2.24) is 4.98 Å². The van der Waals surface area contributed by atoms with E-state index >= 15 is 0 Å². The van der Waals surface area contributed by atoms with Crippen molar-refractivity contribution in [1.29, 1.82) is 0 Å². The van der Waals surface area contributed by atoms with Gasteiger partial charge >= 0.3 is 5.97 Å². The average molecular weight is 454 g/mol. The van der Waals surface area contributed by atoms with E-state index in [0.29, 0.717) is 32.8 Å². The van der Waals surface area contributed by atoms with Crippen LogP contribution in [0.5, 0.6) is 5.75 Å². The highest BCUT2D eigenvalue weighted by Gasteiger charge is 2.25. The summed E-state index contributed by atoms with van der Waals surface area (Å²) in [6.07, 6.45) is 1.52. The Kier molecular flexibility index (Phi) is 5.83. The van der Waals surface area contributed by atoms with Gasteiger partial charge in [-0.25, -0.2) is 14.8 Å². The minimum absolute atomic E-state index is 0.114. The molecule has 2 aromatic carbocycles. The summed E-state index contributed by atoms with van der Waals surface area (Å²) in [5, 5.41) is 2.70. The minimum atomic E-state index is -0.583. The Morgan fingerprint density at radius 2 is 2.03 bits per heavy atom. The zero-order valence-electron chi connectivity index (χ0n) is 16.5. The van der Waals surface area contributed by atoms with Crippen molar-refractivity contribution in [3.63, 3.8) is 0 Å². The molecule has 0 fully saturated rings. The first kappa shape index (κ1) is 20.8. The van der Waals surface area contributed by atoms with Gasteiger partial charge in [0.1, 0.15) is 5.75 Å². The summed E-state index contributed by atoms with van der Waals surface area (Å²) < 4.78 is 10.5. The summed E-state index contributed by atoms with van der Waals surface area (Å²) in [4.78, 5) is 34.8. The number of benzene rings is 2. The molecule has 0 radical (unpaired) electrons. The molecule has 0 atom stereocenters. The Balaban J connectivity index is 1.64. The van der Waals surface area contributed by atoms with E-state index in [0.717, 1.165) is 0 Å². The van der Waals surface area contributed by atoms with Crippen LogP contribution in [0.1, 0.15) is 18.2 Å². The Morgan fingerprint density at radius 1 is 1.23 bits per heavy atom. The molecule has 1 aromatic heterocycles. The summed E-state index contributed by atoms with van der Waals surface area (Å²) in [6, 6.07) is 14.0. The smallest absolute Gasteiger partial charge is 0.363 e. The fourth-order valence-corrected chi connectivity index (χ4v) is 3.95. The monoisotopic (exact) mass is 453 g/mol. The molecular formula is C22H16ClN3O4S. The molecule has 7 nitrogen and oxygen atoms in total. The number of rotatable bonds is 5. The molecule has 0 saturated heterocycles. The number of cyclic esters (lactones) is 1. The number of nitrogens with zero attached hydrogens (tertiary/aromatic N) is 3. The first-order valence-corrected chi connectivity index (χ1v) is 10.4. The highest BCUT2D eigenvalue weighted by Crippen LogP contribution is 2.32. The maximum atomic E-state index is 12.3. The number of methoxy groups -OCH3 is 1. The molecule has 1 aliphatic heterocycles. The average Bonchev–Trinajstić information content (AvgIpc) is 3.35. The topological polar surface area (TPSA) is 81.1 Å². The second-order valence-electron chi connectivity index (χ2n) is 6.46. The number of anilines is 2. The first-order valence-electron chi connectivity index (χ1n) is 9.13. The third-order valence-electron chi connectivity index (χ3n) is 4.30. The van der Waals surface area contributed by atoms with E-state index in [1.54, 1.807) is 61.0 Å². The van der Waals surface area contributed by atoms with E-state index in [4.69, 9.17) is 21.1 Å². The summed E-state index contributed by atoms with van der Waals surface area (Å²) in [5.74, 6) is 0.0132. The number of carbonyl (C=O) groups excluding carboxylic acids is 2. The van der Waals surface area contributed by atoms with Crippen LogP contribution in [0, 0.1) is 0 Å². The van der Waals surface area contributed by atoms with Gasteiger partial charge in [-0.3, -0.25) is 9.69 Å². The molecule has 0 N–H and O–H groups in total. The maximum Gasteiger partial charge on any atom is 0.363 e. The predicted molar refractivity (Wildman–Crippen MR) is 120 cm³/mol. The molecule has 3 aromatic rings. The van der Waals surface area contributed by atoms with E-state index in [2.05, 4.69) is 9.98 Å². The van der Waals surface area contributed by atoms with Gasteiger partial charge in [0, 0.05) is 29.0 Å². The van der Waals surface area contributed by atoms with Crippen LogP contribution in [0.3, 0.4) is 0 Å². The third kappa shape index (κ3) is 4.50. The Labute approximate surface area is 187 Å². The molecule has 0 spiro atoms. The van der Waals surface area contributed by atoms with Crippen molar-refractivity contribution < 1.29 is 19.1 Å². The summed E-state index contributed by atoms with van der Waals surface area (Å²) in [7, 11) is 1.56. The fourth-order valence-electron chi connectivity index (χ4n) is 2.92. The van der Waals surface area contributed by atoms with Crippen LogP contribution in [-0.4, -0.2) is 29.9 Å². The maximum absolute atomic E-state index is 12.3. The van der Waals surface area contributed by atoms with Crippen LogP contribution in [0.25, 0.3) is 6.08 Å². The molecule has 2 heterocycles.